The van der Waals surface area contributed by atoms with Gasteiger partial charge in [-0.05, 0) is 12.5 Å². The van der Waals surface area contributed by atoms with Crippen molar-refractivity contribution >= 4 is 18.2 Å². The van der Waals surface area contributed by atoms with E-state index in [1.807, 2.05) is 19.1 Å². The van der Waals surface area contributed by atoms with Crippen molar-refractivity contribution < 1.29 is 0 Å². The summed E-state index contributed by atoms with van der Waals surface area (Å²) in [6.45, 7) is 2.02. The number of pyridine rings is 1. The number of anilines is 1. The van der Waals surface area contributed by atoms with Gasteiger partial charge < -0.3 is 11.5 Å². The van der Waals surface area contributed by atoms with Crippen LogP contribution in [0.4, 0.5) is 5.82 Å². The molecule has 0 bridgehead atoms. The molecular formula is C8H14ClN3. The minimum atomic E-state index is 0. The molecule has 68 valence electrons. The number of nitrogens with zero attached hydrogens (tertiary/aromatic N) is 1. The van der Waals surface area contributed by atoms with E-state index in [9.17, 15) is 0 Å². The van der Waals surface area contributed by atoms with Crippen LogP contribution in [0.1, 0.15) is 24.9 Å². The molecule has 3 nitrogen and oxygen atoms in total. The van der Waals surface area contributed by atoms with E-state index in [4.69, 9.17) is 11.5 Å². The van der Waals surface area contributed by atoms with Gasteiger partial charge in [-0.3, -0.25) is 0 Å². The summed E-state index contributed by atoms with van der Waals surface area (Å²) < 4.78 is 0. The smallest absolute Gasteiger partial charge is 0.128 e. The van der Waals surface area contributed by atoms with Crippen molar-refractivity contribution in [2.45, 2.75) is 19.4 Å². The molecule has 4 N–H and O–H groups in total. The van der Waals surface area contributed by atoms with E-state index in [0.29, 0.717) is 5.82 Å². The lowest BCUT2D eigenvalue weighted by molar-refractivity contribution is 0.698. The molecule has 0 amide bonds. The third-order valence-corrected chi connectivity index (χ3v) is 1.71. The molecule has 0 fully saturated rings. The highest BCUT2D eigenvalue weighted by molar-refractivity contribution is 5.85. The third-order valence-electron chi connectivity index (χ3n) is 1.71. The van der Waals surface area contributed by atoms with E-state index in [2.05, 4.69) is 4.98 Å². The van der Waals surface area contributed by atoms with Crippen molar-refractivity contribution in [3.63, 3.8) is 0 Å². The molecule has 0 radical (unpaired) electrons. The molecule has 1 heterocycles. The first-order chi connectivity index (χ1) is 5.25. The fourth-order valence-electron chi connectivity index (χ4n) is 0.963. The molecule has 0 aliphatic rings. The lowest BCUT2D eigenvalue weighted by Crippen LogP contribution is -2.11. The van der Waals surface area contributed by atoms with E-state index >= 15 is 0 Å². The van der Waals surface area contributed by atoms with Crippen molar-refractivity contribution in [1.29, 1.82) is 0 Å². The van der Waals surface area contributed by atoms with Crippen LogP contribution in [-0.4, -0.2) is 4.98 Å². The molecular weight excluding hydrogens is 174 g/mol. The van der Waals surface area contributed by atoms with E-state index in [-0.39, 0.29) is 18.4 Å². The van der Waals surface area contributed by atoms with Gasteiger partial charge in [-0.2, -0.15) is 0 Å². The van der Waals surface area contributed by atoms with Gasteiger partial charge >= 0.3 is 0 Å². The molecule has 0 unspecified atom stereocenters. The topological polar surface area (TPSA) is 64.9 Å². The van der Waals surface area contributed by atoms with Crippen LogP contribution in [0.25, 0.3) is 0 Å². The molecule has 0 spiro atoms. The Kier molecular flexibility index (Phi) is 4.62. The van der Waals surface area contributed by atoms with Crippen LogP contribution in [0.5, 0.6) is 0 Å². The summed E-state index contributed by atoms with van der Waals surface area (Å²) in [7, 11) is 0. The van der Waals surface area contributed by atoms with Crippen LogP contribution in [0.15, 0.2) is 18.3 Å². The number of nitrogens with two attached hydrogens (primary N) is 2. The lowest BCUT2D eigenvalue weighted by atomic mass is 10.1. The first-order valence-corrected chi connectivity index (χ1v) is 3.71. The van der Waals surface area contributed by atoms with Gasteiger partial charge in [0.05, 0.1) is 0 Å². The first kappa shape index (κ1) is 11.2. The van der Waals surface area contributed by atoms with Gasteiger partial charge in [-0.1, -0.05) is 13.0 Å². The molecule has 1 atom stereocenters. The first-order valence-electron chi connectivity index (χ1n) is 3.71. The molecule has 0 saturated heterocycles. The Hall–Kier alpha value is -0.800. The predicted octanol–water partition coefficient (Wildman–Crippen LogP) is 1.50. The Morgan fingerprint density at radius 1 is 1.58 bits per heavy atom. The Morgan fingerprint density at radius 3 is 2.75 bits per heavy atom. The van der Waals surface area contributed by atoms with Crippen LogP contribution < -0.4 is 11.5 Å². The normalized spacial score (nSPS) is 11.8. The number of hydrogen-bond donors (Lipinski definition) is 2. The highest BCUT2D eigenvalue weighted by Gasteiger charge is 2.05. The number of rotatable bonds is 2. The Morgan fingerprint density at radius 2 is 2.25 bits per heavy atom. The maximum Gasteiger partial charge on any atom is 0.128 e. The van der Waals surface area contributed by atoms with Gasteiger partial charge in [0, 0.05) is 17.8 Å². The van der Waals surface area contributed by atoms with Crippen LogP contribution in [-0.2, 0) is 0 Å². The van der Waals surface area contributed by atoms with Crippen molar-refractivity contribution in [1.82, 2.24) is 4.98 Å². The van der Waals surface area contributed by atoms with Crippen LogP contribution in [0.3, 0.4) is 0 Å². The molecule has 0 saturated carbocycles. The highest BCUT2D eigenvalue weighted by atomic mass is 35.5. The number of nitrogen functional groups attached to an aromatic ring is 1. The minimum absolute atomic E-state index is 0. The lowest BCUT2D eigenvalue weighted by Gasteiger charge is -2.09. The third kappa shape index (κ3) is 2.36. The van der Waals surface area contributed by atoms with E-state index in [0.717, 1.165) is 12.0 Å². The number of halogens is 1. The standard InChI is InChI=1S/C8H13N3.ClH/c1-2-7(9)6-4-3-5-11-8(6)10;/h3-5,7H,2,9H2,1H3,(H2,10,11);1H/t7-;/m1./s1. The maximum absolute atomic E-state index is 5.78. The Balaban J connectivity index is 0.00000121. The van der Waals surface area contributed by atoms with E-state index in [1.165, 1.54) is 0 Å². The Labute approximate surface area is 78.6 Å². The summed E-state index contributed by atoms with van der Waals surface area (Å²) in [5.74, 6) is 0.543. The summed E-state index contributed by atoms with van der Waals surface area (Å²) >= 11 is 0. The summed E-state index contributed by atoms with van der Waals surface area (Å²) in [4.78, 5) is 3.95. The zero-order chi connectivity index (χ0) is 8.27. The average Bonchev–Trinajstić information content (AvgIpc) is 2.04. The molecule has 0 aromatic carbocycles. The van der Waals surface area contributed by atoms with Crippen LogP contribution in [0.2, 0.25) is 0 Å². The minimum Gasteiger partial charge on any atom is -0.383 e. The molecule has 1 aromatic rings. The zero-order valence-electron chi connectivity index (χ0n) is 7.03. The van der Waals surface area contributed by atoms with E-state index in [1.54, 1.807) is 6.20 Å². The van der Waals surface area contributed by atoms with Gasteiger partial charge in [0.15, 0.2) is 0 Å². The van der Waals surface area contributed by atoms with Gasteiger partial charge in [0.25, 0.3) is 0 Å². The van der Waals surface area contributed by atoms with Crippen molar-refractivity contribution in [2.75, 3.05) is 5.73 Å². The molecule has 1 aromatic heterocycles. The highest BCUT2D eigenvalue weighted by Crippen LogP contribution is 2.17. The SMILES string of the molecule is CC[C@@H](N)c1cccnc1N.Cl. The molecule has 1 rings (SSSR count). The summed E-state index contributed by atoms with van der Waals surface area (Å²) in [5.41, 5.74) is 12.3. The largest absolute Gasteiger partial charge is 0.383 e. The van der Waals surface area contributed by atoms with E-state index < -0.39 is 0 Å². The number of aromatic nitrogens is 1. The van der Waals surface area contributed by atoms with Crippen LogP contribution in [0, 0.1) is 0 Å². The maximum atomic E-state index is 5.78. The second kappa shape index (κ2) is 4.95. The monoisotopic (exact) mass is 187 g/mol. The fraction of sp³-hybridized carbons (Fsp3) is 0.375. The zero-order valence-corrected chi connectivity index (χ0v) is 7.84. The van der Waals surface area contributed by atoms with Gasteiger partial charge in [0.1, 0.15) is 5.82 Å². The second-order valence-electron chi connectivity index (χ2n) is 2.49. The average molecular weight is 188 g/mol. The molecule has 12 heavy (non-hydrogen) atoms. The van der Waals surface area contributed by atoms with Gasteiger partial charge in [-0.25, -0.2) is 4.98 Å². The summed E-state index contributed by atoms with van der Waals surface area (Å²) in [6, 6.07) is 3.78. The summed E-state index contributed by atoms with van der Waals surface area (Å²) in [5, 5.41) is 0. The number of hydrogen-bond acceptors (Lipinski definition) is 3. The van der Waals surface area contributed by atoms with Crippen molar-refractivity contribution in [3.05, 3.63) is 23.9 Å². The molecule has 0 aliphatic carbocycles. The quantitative estimate of drug-likeness (QED) is 0.738. The second-order valence-corrected chi connectivity index (χ2v) is 2.49. The predicted molar refractivity (Wildman–Crippen MR) is 53.1 cm³/mol. The van der Waals surface area contributed by atoms with Gasteiger partial charge in [-0.15, -0.1) is 12.4 Å². The van der Waals surface area contributed by atoms with Crippen LogP contribution >= 0.6 is 12.4 Å². The Bertz CT molecular complexity index is 239. The molecule has 4 heteroatoms. The van der Waals surface area contributed by atoms with Gasteiger partial charge in [0.2, 0.25) is 0 Å². The summed E-state index contributed by atoms with van der Waals surface area (Å²) in [6.07, 6.45) is 2.55. The molecule has 0 aliphatic heterocycles. The van der Waals surface area contributed by atoms with Crippen molar-refractivity contribution in [2.24, 2.45) is 5.73 Å². The van der Waals surface area contributed by atoms with Crippen molar-refractivity contribution in [3.8, 4) is 0 Å². The fourth-order valence-corrected chi connectivity index (χ4v) is 0.963.